The average Bonchev–Trinajstić information content (AvgIpc) is 2.80. The van der Waals surface area contributed by atoms with Gasteiger partial charge in [0.15, 0.2) is 0 Å². The number of carbonyl (C=O) groups excluding carboxylic acids is 2. The topological polar surface area (TPSA) is 70.7 Å². The highest BCUT2D eigenvalue weighted by Crippen LogP contribution is 2.23. The van der Waals surface area contributed by atoms with Gasteiger partial charge >= 0.3 is 6.03 Å². The molecule has 22 heavy (non-hydrogen) atoms. The number of nitrogens with zero attached hydrogens (tertiary/aromatic N) is 1. The van der Waals surface area contributed by atoms with Gasteiger partial charge in [-0.3, -0.25) is 4.79 Å². The van der Waals surface area contributed by atoms with Crippen LogP contribution in [0.5, 0.6) is 0 Å². The molecule has 120 valence electrons. The number of benzene rings is 1. The maximum absolute atomic E-state index is 12.1. The van der Waals surface area contributed by atoms with Crippen molar-refractivity contribution in [1.29, 1.82) is 0 Å². The Labute approximate surface area is 134 Å². The number of hydrogen-bond donors (Lipinski definition) is 2. The van der Waals surface area contributed by atoms with E-state index in [0.29, 0.717) is 18.2 Å². The van der Waals surface area contributed by atoms with Crippen molar-refractivity contribution >= 4 is 29.2 Å². The van der Waals surface area contributed by atoms with Gasteiger partial charge in [0.1, 0.15) is 0 Å². The smallest absolute Gasteiger partial charge is 0.315 e. The van der Waals surface area contributed by atoms with Crippen LogP contribution in [0, 0.1) is 0 Å². The summed E-state index contributed by atoms with van der Waals surface area (Å²) in [5.41, 5.74) is 0.784. The highest BCUT2D eigenvalue weighted by Gasteiger charge is 2.31. The third-order valence-corrected chi connectivity index (χ3v) is 3.64. The maximum Gasteiger partial charge on any atom is 0.315 e. The van der Waals surface area contributed by atoms with Gasteiger partial charge < -0.3 is 20.3 Å². The van der Waals surface area contributed by atoms with E-state index in [2.05, 4.69) is 10.6 Å². The fraction of sp³-hybridized carbons (Fsp3) is 0.467. The number of carbonyl (C=O) groups is 2. The van der Waals surface area contributed by atoms with Gasteiger partial charge in [0.25, 0.3) is 0 Å². The molecule has 1 aliphatic heterocycles. The van der Waals surface area contributed by atoms with Crippen LogP contribution >= 0.6 is 11.6 Å². The Bertz CT molecular complexity index is 535. The van der Waals surface area contributed by atoms with Gasteiger partial charge in [-0.25, -0.2) is 4.79 Å². The Kier molecular flexibility index (Phi) is 5.63. The predicted octanol–water partition coefficient (Wildman–Crippen LogP) is 1.78. The average molecular weight is 326 g/mol. The number of methoxy groups -OCH3 is 1. The van der Waals surface area contributed by atoms with E-state index < -0.39 is 0 Å². The minimum absolute atomic E-state index is 0.0161. The zero-order valence-electron chi connectivity index (χ0n) is 12.6. The van der Waals surface area contributed by atoms with Crippen LogP contribution < -0.4 is 15.5 Å². The van der Waals surface area contributed by atoms with Crippen LogP contribution in [0.1, 0.15) is 13.3 Å². The minimum Gasteiger partial charge on any atom is -0.383 e. The Morgan fingerprint density at radius 1 is 1.45 bits per heavy atom. The third-order valence-electron chi connectivity index (χ3n) is 3.39. The van der Waals surface area contributed by atoms with Crippen molar-refractivity contribution in [1.82, 2.24) is 10.6 Å². The summed E-state index contributed by atoms with van der Waals surface area (Å²) in [5, 5.41) is 6.20. The fourth-order valence-electron chi connectivity index (χ4n) is 2.42. The molecule has 0 unspecified atom stereocenters. The molecule has 6 nitrogen and oxygen atoms in total. The molecule has 3 amide bonds. The van der Waals surface area contributed by atoms with Crippen molar-refractivity contribution in [2.24, 2.45) is 0 Å². The summed E-state index contributed by atoms with van der Waals surface area (Å²) >= 11 is 5.85. The van der Waals surface area contributed by atoms with Crippen LogP contribution in [0.15, 0.2) is 24.3 Å². The van der Waals surface area contributed by atoms with E-state index >= 15 is 0 Å². The van der Waals surface area contributed by atoms with Crippen molar-refractivity contribution in [2.75, 3.05) is 25.2 Å². The number of hydrogen-bond acceptors (Lipinski definition) is 3. The molecule has 2 atom stereocenters. The molecule has 0 bridgehead atoms. The van der Waals surface area contributed by atoms with E-state index in [1.54, 1.807) is 36.3 Å². The molecule has 2 rings (SSSR count). The first kappa shape index (κ1) is 16.6. The normalized spacial score (nSPS) is 19.1. The SMILES string of the molecule is COC[C@H](C)NC(=O)N[C@@H]1CC(=O)N(c2ccc(Cl)cc2)C1. The molecule has 1 saturated heterocycles. The highest BCUT2D eigenvalue weighted by molar-refractivity contribution is 6.30. The van der Waals surface area contributed by atoms with Crippen molar-refractivity contribution in [3.05, 3.63) is 29.3 Å². The molecule has 1 aliphatic rings. The van der Waals surface area contributed by atoms with Crippen LogP contribution in [-0.4, -0.2) is 44.3 Å². The molecule has 1 fully saturated rings. The molecule has 0 radical (unpaired) electrons. The lowest BCUT2D eigenvalue weighted by atomic mass is 10.2. The first-order chi connectivity index (χ1) is 10.5. The van der Waals surface area contributed by atoms with E-state index in [4.69, 9.17) is 16.3 Å². The molecule has 1 heterocycles. The van der Waals surface area contributed by atoms with Crippen LogP contribution in [0.4, 0.5) is 10.5 Å². The van der Waals surface area contributed by atoms with Crippen molar-refractivity contribution in [3.63, 3.8) is 0 Å². The minimum atomic E-state index is -0.291. The summed E-state index contributed by atoms with van der Waals surface area (Å²) in [4.78, 5) is 25.6. The van der Waals surface area contributed by atoms with Gasteiger partial charge in [0.2, 0.25) is 5.91 Å². The van der Waals surface area contributed by atoms with Crippen LogP contribution in [-0.2, 0) is 9.53 Å². The summed E-state index contributed by atoms with van der Waals surface area (Å²) in [5.74, 6) is -0.0161. The molecule has 0 aromatic heterocycles. The van der Waals surface area contributed by atoms with E-state index in [-0.39, 0.29) is 30.4 Å². The third kappa shape index (κ3) is 4.35. The van der Waals surface area contributed by atoms with Gasteiger partial charge in [-0.2, -0.15) is 0 Å². The maximum atomic E-state index is 12.1. The number of urea groups is 1. The summed E-state index contributed by atoms with van der Waals surface area (Å²) < 4.78 is 4.96. The lowest BCUT2D eigenvalue weighted by Gasteiger charge is -2.18. The van der Waals surface area contributed by atoms with Crippen molar-refractivity contribution in [3.8, 4) is 0 Å². The molecule has 0 saturated carbocycles. The van der Waals surface area contributed by atoms with Crippen molar-refractivity contribution < 1.29 is 14.3 Å². The first-order valence-corrected chi connectivity index (χ1v) is 7.49. The van der Waals surface area contributed by atoms with E-state index in [1.165, 1.54) is 0 Å². The number of halogens is 1. The van der Waals surface area contributed by atoms with Gasteiger partial charge in [0, 0.05) is 30.8 Å². The van der Waals surface area contributed by atoms with Gasteiger partial charge in [-0.15, -0.1) is 0 Å². The van der Waals surface area contributed by atoms with Gasteiger partial charge in [-0.05, 0) is 31.2 Å². The Morgan fingerprint density at radius 2 is 2.14 bits per heavy atom. The highest BCUT2D eigenvalue weighted by atomic mass is 35.5. The van der Waals surface area contributed by atoms with Gasteiger partial charge in [0.05, 0.1) is 18.7 Å². The number of anilines is 1. The number of rotatable bonds is 5. The second kappa shape index (κ2) is 7.47. The van der Waals surface area contributed by atoms with Crippen molar-refractivity contribution in [2.45, 2.75) is 25.4 Å². The Morgan fingerprint density at radius 3 is 2.77 bits per heavy atom. The standard InChI is InChI=1S/C15H20ClN3O3/c1-10(9-22-2)17-15(21)18-12-7-14(20)19(8-12)13-5-3-11(16)4-6-13/h3-6,10,12H,7-9H2,1-2H3,(H2,17,18,21)/t10-,12+/m0/s1. The quantitative estimate of drug-likeness (QED) is 0.867. The lowest BCUT2D eigenvalue weighted by molar-refractivity contribution is -0.117. The zero-order valence-corrected chi connectivity index (χ0v) is 13.4. The fourth-order valence-corrected chi connectivity index (χ4v) is 2.54. The summed E-state index contributed by atoms with van der Waals surface area (Å²) in [6.07, 6.45) is 0.286. The van der Waals surface area contributed by atoms with Crippen LogP contribution in [0.3, 0.4) is 0 Å². The zero-order chi connectivity index (χ0) is 16.1. The van der Waals surface area contributed by atoms with Crippen LogP contribution in [0.25, 0.3) is 0 Å². The number of amides is 3. The molecule has 2 N–H and O–H groups in total. The Balaban J connectivity index is 1.89. The van der Waals surface area contributed by atoms with E-state index in [1.807, 2.05) is 6.92 Å². The predicted molar refractivity (Wildman–Crippen MR) is 85.2 cm³/mol. The molecule has 0 aliphatic carbocycles. The summed E-state index contributed by atoms with van der Waals surface area (Å²) in [6.45, 7) is 2.74. The lowest BCUT2D eigenvalue weighted by Crippen LogP contribution is -2.47. The van der Waals surface area contributed by atoms with Crippen LogP contribution in [0.2, 0.25) is 5.02 Å². The summed E-state index contributed by atoms with van der Waals surface area (Å²) in [6, 6.07) is 6.48. The number of ether oxygens (including phenoxy) is 1. The monoisotopic (exact) mass is 325 g/mol. The largest absolute Gasteiger partial charge is 0.383 e. The van der Waals surface area contributed by atoms with Gasteiger partial charge in [-0.1, -0.05) is 11.6 Å². The first-order valence-electron chi connectivity index (χ1n) is 7.11. The van der Waals surface area contributed by atoms with E-state index in [0.717, 1.165) is 5.69 Å². The Hall–Kier alpha value is -1.79. The molecular formula is C15H20ClN3O3. The molecule has 0 spiro atoms. The molecule has 7 heteroatoms. The molecular weight excluding hydrogens is 306 g/mol. The molecule has 1 aromatic rings. The second-order valence-corrected chi connectivity index (χ2v) is 5.79. The number of nitrogens with one attached hydrogen (secondary N) is 2. The molecule has 1 aromatic carbocycles. The van der Waals surface area contributed by atoms with E-state index in [9.17, 15) is 9.59 Å². The second-order valence-electron chi connectivity index (χ2n) is 5.36. The summed E-state index contributed by atoms with van der Waals surface area (Å²) in [7, 11) is 1.58.